The van der Waals surface area contributed by atoms with Crippen LogP contribution in [0.2, 0.25) is 0 Å². The summed E-state index contributed by atoms with van der Waals surface area (Å²) in [6, 6.07) is 8.15. The molecule has 1 aromatic carbocycles. The minimum atomic E-state index is -2.89. The Bertz CT molecular complexity index is 472. The number of sulfone groups is 1. The van der Waals surface area contributed by atoms with Crippen molar-refractivity contribution in [3.8, 4) is 0 Å². The van der Waals surface area contributed by atoms with Gasteiger partial charge in [0.15, 0.2) is 0 Å². The molecule has 102 valence electrons. The predicted octanol–water partition coefficient (Wildman–Crippen LogP) is 0.664. The van der Waals surface area contributed by atoms with Crippen LogP contribution in [0, 0.1) is 0 Å². The summed E-state index contributed by atoms with van der Waals surface area (Å²) in [5.74, 6) is 0.197. The highest BCUT2D eigenvalue weighted by atomic mass is 32.2. The molecule has 0 saturated carbocycles. The third kappa shape index (κ3) is 5.62. The molecular formula is C13H22N2O2S. The van der Waals surface area contributed by atoms with Crippen molar-refractivity contribution in [1.29, 1.82) is 0 Å². The molecule has 0 aromatic heterocycles. The maximum atomic E-state index is 11.1. The van der Waals surface area contributed by atoms with Crippen LogP contribution in [0.3, 0.4) is 0 Å². The second kappa shape index (κ2) is 6.87. The first-order chi connectivity index (χ1) is 8.42. The third-order valence-electron chi connectivity index (χ3n) is 2.82. The fourth-order valence-corrected chi connectivity index (χ4v) is 2.45. The summed E-state index contributed by atoms with van der Waals surface area (Å²) in [6.07, 6.45) is 2.12. The zero-order valence-corrected chi connectivity index (χ0v) is 11.9. The first-order valence-corrected chi connectivity index (χ1v) is 8.11. The minimum absolute atomic E-state index is 0.197. The van der Waals surface area contributed by atoms with Crippen molar-refractivity contribution in [2.75, 3.05) is 32.1 Å². The van der Waals surface area contributed by atoms with E-state index < -0.39 is 9.84 Å². The average Bonchev–Trinajstić information content (AvgIpc) is 2.29. The molecule has 0 aliphatic carbocycles. The van der Waals surface area contributed by atoms with E-state index in [0.29, 0.717) is 13.1 Å². The Morgan fingerprint density at radius 1 is 1.22 bits per heavy atom. The lowest BCUT2D eigenvalue weighted by atomic mass is 10.0. The lowest BCUT2D eigenvalue weighted by Crippen LogP contribution is -2.25. The van der Waals surface area contributed by atoms with Crippen LogP contribution in [-0.2, 0) is 22.8 Å². The summed E-state index contributed by atoms with van der Waals surface area (Å²) < 4.78 is 22.2. The smallest absolute Gasteiger partial charge is 0.148 e. The van der Waals surface area contributed by atoms with Gasteiger partial charge in [-0.1, -0.05) is 24.3 Å². The fraction of sp³-hybridized carbons (Fsp3) is 0.538. The second-order valence-electron chi connectivity index (χ2n) is 4.68. The van der Waals surface area contributed by atoms with Crippen molar-refractivity contribution in [2.45, 2.75) is 13.0 Å². The lowest BCUT2D eigenvalue weighted by Gasteiger charge is -2.18. The molecule has 0 bridgehead atoms. The quantitative estimate of drug-likeness (QED) is 0.791. The van der Waals surface area contributed by atoms with E-state index in [4.69, 9.17) is 5.73 Å². The van der Waals surface area contributed by atoms with E-state index in [2.05, 4.69) is 12.1 Å². The number of rotatable bonds is 7. The van der Waals surface area contributed by atoms with Crippen LogP contribution in [0.4, 0.5) is 0 Å². The molecule has 2 N–H and O–H groups in total. The highest BCUT2D eigenvalue weighted by Gasteiger charge is 2.08. The Hall–Kier alpha value is -0.910. The number of nitrogens with zero attached hydrogens (tertiary/aromatic N) is 1. The SMILES string of the molecule is CN(CCS(C)(=O)=O)Cc1ccccc1CCN. The summed E-state index contributed by atoms with van der Waals surface area (Å²) in [5, 5.41) is 0. The van der Waals surface area contributed by atoms with E-state index >= 15 is 0 Å². The first-order valence-electron chi connectivity index (χ1n) is 6.05. The van der Waals surface area contributed by atoms with Gasteiger partial charge in [-0.25, -0.2) is 8.42 Å². The van der Waals surface area contributed by atoms with Gasteiger partial charge in [0, 0.05) is 19.3 Å². The summed E-state index contributed by atoms with van der Waals surface area (Å²) in [5.41, 5.74) is 8.05. The van der Waals surface area contributed by atoms with Gasteiger partial charge >= 0.3 is 0 Å². The molecule has 0 heterocycles. The van der Waals surface area contributed by atoms with E-state index in [-0.39, 0.29) is 5.75 Å². The Morgan fingerprint density at radius 2 is 1.83 bits per heavy atom. The molecule has 18 heavy (non-hydrogen) atoms. The summed E-state index contributed by atoms with van der Waals surface area (Å²) in [7, 11) is -0.959. The highest BCUT2D eigenvalue weighted by Crippen LogP contribution is 2.11. The van der Waals surface area contributed by atoms with E-state index in [1.54, 1.807) is 0 Å². The fourth-order valence-electron chi connectivity index (χ4n) is 1.80. The van der Waals surface area contributed by atoms with Crippen LogP contribution >= 0.6 is 0 Å². The molecule has 0 amide bonds. The van der Waals surface area contributed by atoms with Crippen LogP contribution in [0.25, 0.3) is 0 Å². The monoisotopic (exact) mass is 270 g/mol. The summed E-state index contributed by atoms with van der Waals surface area (Å²) in [4.78, 5) is 2.02. The molecule has 0 unspecified atom stereocenters. The molecule has 5 heteroatoms. The maximum absolute atomic E-state index is 11.1. The Morgan fingerprint density at radius 3 is 2.39 bits per heavy atom. The minimum Gasteiger partial charge on any atom is -0.330 e. The van der Waals surface area contributed by atoms with Gasteiger partial charge in [0.25, 0.3) is 0 Å². The van der Waals surface area contributed by atoms with Crippen molar-refractivity contribution in [1.82, 2.24) is 4.90 Å². The van der Waals surface area contributed by atoms with Crippen molar-refractivity contribution in [3.63, 3.8) is 0 Å². The molecule has 0 atom stereocenters. The molecule has 0 fully saturated rings. The van der Waals surface area contributed by atoms with Crippen LogP contribution < -0.4 is 5.73 Å². The molecule has 0 radical (unpaired) electrons. The molecule has 0 saturated heterocycles. The Balaban J connectivity index is 2.61. The average molecular weight is 270 g/mol. The topological polar surface area (TPSA) is 63.4 Å². The van der Waals surface area contributed by atoms with Crippen LogP contribution in [0.15, 0.2) is 24.3 Å². The van der Waals surface area contributed by atoms with Gasteiger partial charge < -0.3 is 10.6 Å². The second-order valence-corrected chi connectivity index (χ2v) is 6.93. The van der Waals surface area contributed by atoms with Crippen LogP contribution in [0.1, 0.15) is 11.1 Å². The maximum Gasteiger partial charge on any atom is 0.148 e. The van der Waals surface area contributed by atoms with Crippen molar-refractivity contribution in [2.24, 2.45) is 5.73 Å². The van der Waals surface area contributed by atoms with E-state index in [1.165, 1.54) is 17.4 Å². The standard InChI is InChI=1S/C13H22N2O2S/c1-15(9-10-18(2,16)17)11-13-6-4-3-5-12(13)7-8-14/h3-6H,7-11,14H2,1-2H3. The molecule has 0 aliphatic heterocycles. The van der Waals surface area contributed by atoms with Gasteiger partial charge in [-0.05, 0) is 31.1 Å². The number of nitrogens with two attached hydrogens (primary N) is 1. The molecular weight excluding hydrogens is 248 g/mol. The van der Waals surface area contributed by atoms with Crippen molar-refractivity contribution in [3.05, 3.63) is 35.4 Å². The summed E-state index contributed by atoms with van der Waals surface area (Å²) in [6.45, 7) is 1.94. The molecule has 1 aromatic rings. The van der Waals surface area contributed by atoms with Crippen LogP contribution in [-0.4, -0.2) is 45.5 Å². The van der Waals surface area contributed by atoms with Gasteiger partial charge in [0.05, 0.1) is 5.75 Å². The molecule has 0 aliphatic rings. The third-order valence-corrected chi connectivity index (χ3v) is 3.74. The number of hydrogen-bond acceptors (Lipinski definition) is 4. The van der Waals surface area contributed by atoms with Gasteiger partial charge in [0.1, 0.15) is 9.84 Å². The largest absolute Gasteiger partial charge is 0.330 e. The zero-order chi connectivity index (χ0) is 13.6. The number of benzene rings is 1. The van der Waals surface area contributed by atoms with Gasteiger partial charge in [-0.2, -0.15) is 0 Å². The lowest BCUT2D eigenvalue weighted by molar-refractivity contribution is 0.345. The van der Waals surface area contributed by atoms with E-state index in [1.807, 2.05) is 24.1 Å². The number of hydrogen-bond donors (Lipinski definition) is 1. The van der Waals surface area contributed by atoms with Crippen LogP contribution in [0.5, 0.6) is 0 Å². The zero-order valence-electron chi connectivity index (χ0n) is 11.1. The Kier molecular flexibility index (Phi) is 5.78. The van der Waals surface area contributed by atoms with Gasteiger partial charge in [0.2, 0.25) is 0 Å². The predicted molar refractivity (Wildman–Crippen MR) is 75.2 cm³/mol. The van der Waals surface area contributed by atoms with E-state index in [0.717, 1.165) is 13.0 Å². The molecule has 4 nitrogen and oxygen atoms in total. The van der Waals surface area contributed by atoms with Crippen molar-refractivity contribution < 1.29 is 8.42 Å². The Labute approximate surface area is 110 Å². The van der Waals surface area contributed by atoms with E-state index in [9.17, 15) is 8.42 Å². The molecule has 1 rings (SSSR count). The summed E-state index contributed by atoms with van der Waals surface area (Å²) >= 11 is 0. The molecule has 0 spiro atoms. The highest BCUT2D eigenvalue weighted by molar-refractivity contribution is 7.90. The van der Waals surface area contributed by atoms with Gasteiger partial charge in [-0.15, -0.1) is 0 Å². The first kappa shape index (κ1) is 15.1. The van der Waals surface area contributed by atoms with Crippen molar-refractivity contribution >= 4 is 9.84 Å². The van der Waals surface area contributed by atoms with Gasteiger partial charge in [-0.3, -0.25) is 0 Å². The normalized spacial score (nSPS) is 12.0.